The smallest absolute Gasteiger partial charge is 0.253 e. The standard InChI is InChI=1S/C11H14N2OS/c1-8(9-4-2-3-5-9)10(14)13-11-12-6-7-15-11/h6-7,9H,1-5H2,(H,12,13,14). The van der Waals surface area contributed by atoms with Gasteiger partial charge in [0.1, 0.15) is 0 Å². The first-order chi connectivity index (χ1) is 7.27. The fourth-order valence-electron chi connectivity index (χ4n) is 1.92. The molecule has 15 heavy (non-hydrogen) atoms. The molecule has 80 valence electrons. The van der Waals surface area contributed by atoms with Crippen molar-refractivity contribution in [2.45, 2.75) is 25.7 Å². The van der Waals surface area contributed by atoms with Crippen molar-refractivity contribution in [3.8, 4) is 0 Å². The molecule has 0 atom stereocenters. The van der Waals surface area contributed by atoms with Crippen molar-refractivity contribution in [1.82, 2.24) is 4.98 Å². The van der Waals surface area contributed by atoms with Crippen molar-refractivity contribution in [2.75, 3.05) is 5.32 Å². The van der Waals surface area contributed by atoms with Crippen molar-refractivity contribution in [1.29, 1.82) is 0 Å². The van der Waals surface area contributed by atoms with Crippen LogP contribution in [0.15, 0.2) is 23.7 Å². The van der Waals surface area contributed by atoms with Gasteiger partial charge in [-0.1, -0.05) is 19.4 Å². The van der Waals surface area contributed by atoms with Gasteiger partial charge in [0.25, 0.3) is 5.91 Å². The lowest BCUT2D eigenvalue weighted by Gasteiger charge is -2.11. The highest BCUT2D eigenvalue weighted by molar-refractivity contribution is 7.13. The Bertz CT molecular complexity index is 353. The Kier molecular flexibility index (Phi) is 3.16. The average molecular weight is 222 g/mol. The molecule has 1 saturated carbocycles. The highest BCUT2D eigenvalue weighted by Gasteiger charge is 2.22. The number of hydrogen-bond acceptors (Lipinski definition) is 3. The molecule has 1 N–H and O–H groups in total. The summed E-state index contributed by atoms with van der Waals surface area (Å²) in [7, 11) is 0. The van der Waals surface area contributed by atoms with Gasteiger partial charge in [0.05, 0.1) is 0 Å². The normalized spacial score (nSPS) is 16.5. The maximum Gasteiger partial charge on any atom is 0.253 e. The highest BCUT2D eigenvalue weighted by Crippen LogP contribution is 2.30. The van der Waals surface area contributed by atoms with E-state index in [9.17, 15) is 4.79 Å². The summed E-state index contributed by atoms with van der Waals surface area (Å²) in [6, 6.07) is 0. The van der Waals surface area contributed by atoms with Gasteiger partial charge in [0.2, 0.25) is 0 Å². The minimum atomic E-state index is -0.0724. The number of anilines is 1. The minimum absolute atomic E-state index is 0.0724. The van der Waals surface area contributed by atoms with Crippen molar-refractivity contribution < 1.29 is 4.79 Å². The number of carbonyl (C=O) groups excluding carboxylic acids is 1. The summed E-state index contributed by atoms with van der Waals surface area (Å²) in [4.78, 5) is 15.8. The van der Waals surface area contributed by atoms with Crippen LogP contribution in [-0.4, -0.2) is 10.9 Å². The molecule has 0 radical (unpaired) electrons. The Morgan fingerprint density at radius 3 is 2.87 bits per heavy atom. The SMILES string of the molecule is C=C(C(=O)Nc1nccs1)C1CCCC1. The number of rotatable bonds is 3. The van der Waals surface area contributed by atoms with E-state index in [4.69, 9.17) is 0 Å². The highest BCUT2D eigenvalue weighted by atomic mass is 32.1. The van der Waals surface area contributed by atoms with E-state index in [1.807, 2.05) is 5.38 Å². The first-order valence-corrected chi connectivity index (χ1v) is 6.05. The van der Waals surface area contributed by atoms with Crippen molar-refractivity contribution in [3.05, 3.63) is 23.7 Å². The van der Waals surface area contributed by atoms with E-state index < -0.39 is 0 Å². The van der Waals surface area contributed by atoms with Crippen LogP contribution in [0, 0.1) is 5.92 Å². The predicted molar refractivity (Wildman–Crippen MR) is 61.8 cm³/mol. The third-order valence-corrected chi connectivity index (χ3v) is 3.48. The van der Waals surface area contributed by atoms with Crippen LogP contribution >= 0.6 is 11.3 Å². The fraction of sp³-hybridized carbons (Fsp3) is 0.455. The van der Waals surface area contributed by atoms with Gasteiger partial charge < -0.3 is 0 Å². The molecule has 3 nitrogen and oxygen atoms in total. The Morgan fingerprint density at radius 2 is 2.27 bits per heavy atom. The molecule has 1 aromatic rings. The van der Waals surface area contributed by atoms with Crippen LogP contribution in [0.2, 0.25) is 0 Å². The molecule has 0 unspecified atom stereocenters. The Hall–Kier alpha value is -1.16. The lowest BCUT2D eigenvalue weighted by atomic mass is 9.98. The van der Waals surface area contributed by atoms with E-state index in [1.165, 1.54) is 24.2 Å². The first kappa shape index (κ1) is 10.4. The summed E-state index contributed by atoms with van der Waals surface area (Å²) in [5.74, 6) is 0.307. The summed E-state index contributed by atoms with van der Waals surface area (Å²) in [6.07, 6.45) is 6.31. The molecule has 4 heteroatoms. The van der Waals surface area contributed by atoms with Gasteiger partial charge >= 0.3 is 0 Å². The van der Waals surface area contributed by atoms with E-state index in [0.29, 0.717) is 16.6 Å². The van der Waals surface area contributed by atoms with Gasteiger partial charge in [-0.3, -0.25) is 10.1 Å². The van der Waals surface area contributed by atoms with Crippen LogP contribution in [0.3, 0.4) is 0 Å². The van der Waals surface area contributed by atoms with E-state index >= 15 is 0 Å². The third kappa shape index (κ3) is 2.45. The van der Waals surface area contributed by atoms with Gasteiger partial charge in [-0.25, -0.2) is 4.98 Å². The molecule has 1 aromatic heterocycles. The zero-order valence-corrected chi connectivity index (χ0v) is 9.35. The second-order valence-corrected chi connectivity index (χ2v) is 4.69. The second-order valence-electron chi connectivity index (χ2n) is 3.80. The summed E-state index contributed by atoms with van der Waals surface area (Å²) in [6.45, 7) is 3.88. The molecular weight excluding hydrogens is 208 g/mol. The summed E-state index contributed by atoms with van der Waals surface area (Å²) in [5.41, 5.74) is 0.711. The molecule has 0 saturated heterocycles. The molecule has 1 amide bonds. The molecule has 1 fully saturated rings. The van der Waals surface area contributed by atoms with Crippen molar-refractivity contribution in [3.63, 3.8) is 0 Å². The van der Waals surface area contributed by atoms with Crippen LogP contribution in [-0.2, 0) is 4.79 Å². The largest absolute Gasteiger partial charge is 0.298 e. The lowest BCUT2D eigenvalue weighted by molar-refractivity contribution is -0.113. The molecule has 1 aliphatic rings. The number of nitrogens with zero attached hydrogens (tertiary/aromatic N) is 1. The minimum Gasteiger partial charge on any atom is -0.298 e. The van der Waals surface area contributed by atoms with Crippen LogP contribution in [0.25, 0.3) is 0 Å². The van der Waals surface area contributed by atoms with Gasteiger partial charge in [0.15, 0.2) is 5.13 Å². The molecular formula is C11H14N2OS. The quantitative estimate of drug-likeness (QED) is 0.799. The van der Waals surface area contributed by atoms with Crippen molar-refractivity contribution >= 4 is 22.4 Å². The Balaban J connectivity index is 1.93. The molecule has 0 bridgehead atoms. The van der Waals surface area contributed by atoms with E-state index in [2.05, 4.69) is 16.9 Å². The molecule has 1 aliphatic carbocycles. The average Bonchev–Trinajstić information content (AvgIpc) is 2.88. The lowest BCUT2D eigenvalue weighted by Crippen LogP contribution is -2.18. The Labute approximate surface area is 93.2 Å². The van der Waals surface area contributed by atoms with Gasteiger partial charge in [-0.05, 0) is 18.8 Å². The summed E-state index contributed by atoms with van der Waals surface area (Å²) < 4.78 is 0. The maximum atomic E-state index is 11.8. The Morgan fingerprint density at radius 1 is 1.53 bits per heavy atom. The monoisotopic (exact) mass is 222 g/mol. The molecule has 0 spiro atoms. The second kappa shape index (κ2) is 4.57. The van der Waals surface area contributed by atoms with Gasteiger partial charge in [-0.2, -0.15) is 0 Å². The topological polar surface area (TPSA) is 42.0 Å². The number of thiazole rings is 1. The number of nitrogens with one attached hydrogen (secondary N) is 1. The third-order valence-electron chi connectivity index (χ3n) is 2.79. The van der Waals surface area contributed by atoms with Crippen LogP contribution < -0.4 is 5.32 Å². The summed E-state index contributed by atoms with van der Waals surface area (Å²) >= 11 is 1.43. The van der Waals surface area contributed by atoms with E-state index in [0.717, 1.165) is 12.8 Å². The zero-order chi connectivity index (χ0) is 10.7. The first-order valence-electron chi connectivity index (χ1n) is 5.17. The molecule has 0 aliphatic heterocycles. The number of amides is 1. The molecule has 0 aromatic carbocycles. The fourth-order valence-corrected chi connectivity index (χ4v) is 2.45. The van der Waals surface area contributed by atoms with Crippen LogP contribution in [0.4, 0.5) is 5.13 Å². The number of carbonyl (C=O) groups is 1. The molecule has 2 rings (SSSR count). The maximum absolute atomic E-state index is 11.8. The van der Waals surface area contributed by atoms with Gasteiger partial charge in [0, 0.05) is 17.2 Å². The van der Waals surface area contributed by atoms with E-state index in [-0.39, 0.29) is 5.91 Å². The van der Waals surface area contributed by atoms with Crippen molar-refractivity contribution in [2.24, 2.45) is 5.92 Å². The summed E-state index contributed by atoms with van der Waals surface area (Å²) in [5, 5.41) is 5.26. The van der Waals surface area contributed by atoms with Crippen LogP contribution in [0.5, 0.6) is 0 Å². The zero-order valence-electron chi connectivity index (χ0n) is 8.53. The van der Waals surface area contributed by atoms with E-state index in [1.54, 1.807) is 6.20 Å². The van der Waals surface area contributed by atoms with Gasteiger partial charge in [-0.15, -0.1) is 11.3 Å². The predicted octanol–water partition coefficient (Wildman–Crippen LogP) is 2.83. The molecule has 1 heterocycles. The van der Waals surface area contributed by atoms with Crippen LogP contribution in [0.1, 0.15) is 25.7 Å². The number of hydrogen-bond donors (Lipinski definition) is 1. The number of aromatic nitrogens is 1.